The molecule has 0 unspecified atom stereocenters. The topological polar surface area (TPSA) is 90.3 Å². The molecule has 0 bridgehead atoms. The number of anilines is 1. The lowest BCUT2D eigenvalue weighted by Gasteiger charge is -2.46. The fourth-order valence-electron chi connectivity index (χ4n) is 4.39. The highest BCUT2D eigenvalue weighted by atomic mass is 32.2. The first kappa shape index (κ1) is 21.4. The number of aliphatic hydroxyl groups is 2. The SMILES string of the molecule is COc1ccc(N2CCC(O)(CN(CCO)[C@@]3(C)CCS(=O)(=O)C3)CC2)cc1. The third-order valence-corrected chi connectivity index (χ3v) is 8.12. The van der Waals surface area contributed by atoms with Crippen LogP contribution in [0.4, 0.5) is 5.69 Å². The highest BCUT2D eigenvalue weighted by Gasteiger charge is 2.45. The van der Waals surface area contributed by atoms with E-state index in [0.29, 0.717) is 32.4 Å². The number of nitrogens with zero attached hydrogens (tertiary/aromatic N) is 2. The predicted octanol–water partition coefficient (Wildman–Crippen LogP) is 0.898. The number of benzene rings is 1. The van der Waals surface area contributed by atoms with Crippen LogP contribution in [0.25, 0.3) is 0 Å². The minimum absolute atomic E-state index is 0.0519. The monoisotopic (exact) mass is 412 g/mol. The minimum atomic E-state index is -3.05. The Hall–Kier alpha value is -1.35. The summed E-state index contributed by atoms with van der Waals surface area (Å²) in [6, 6.07) is 7.90. The molecule has 0 radical (unpaired) electrons. The van der Waals surface area contributed by atoms with Gasteiger partial charge in [0.05, 0.1) is 30.8 Å². The van der Waals surface area contributed by atoms with Crippen molar-refractivity contribution in [1.82, 2.24) is 4.90 Å². The standard InChI is InChI=1S/C20H32N2O5S/c1-19(9-14-28(25,26)16-19)22(12-13-23)15-20(24)7-10-21(11-8-20)17-3-5-18(27-2)6-4-17/h3-6,23-24H,7-16H2,1-2H3/t19-/m0/s1. The van der Waals surface area contributed by atoms with Gasteiger partial charge in [-0.25, -0.2) is 8.42 Å². The smallest absolute Gasteiger partial charge is 0.152 e. The normalized spacial score (nSPS) is 26.5. The molecule has 2 aliphatic heterocycles. The first-order valence-corrected chi connectivity index (χ1v) is 11.7. The molecule has 0 saturated carbocycles. The Morgan fingerprint density at radius 3 is 2.32 bits per heavy atom. The van der Waals surface area contributed by atoms with E-state index in [1.807, 2.05) is 36.1 Å². The van der Waals surface area contributed by atoms with Crippen LogP contribution in [0, 0.1) is 0 Å². The number of hydrogen-bond acceptors (Lipinski definition) is 7. The van der Waals surface area contributed by atoms with Crippen LogP contribution in [0.2, 0.25) is 0 Å². The van der Waals surface area contributed by atoms with Gasteiger partial charge in [0.2, 0.25) is 0 Å². The molecule has 158 valence electrons. The lowest BCUT2D eigenvalue weighted by atomic mass is 9.88. The second kappa shape index (κ2) is 8.18. The van der Waals surface area contributed by atoms with Gasteiger partial charge in [0.25, 0.3) is 0 Å². The summed E-state index contributed by atoms with van der Waals surface area (Å²) in [5.41, 5.74) is -0.304. The number of methoxy groups -OCH3 is 1. The number of piperidine rings is 1. The zero-order valence-electron chi connectivity index (χ0n) is 16.8. The first-order chi connectivity index (χ1) is 13.2. The minimum Gasteiger partial charge on any atom is -0.497 e. The lowest BCUT2D eigenvalue weighted by molar-refractivity contribution is -0.0443. The average molecular weight is 413 g/mol. The molecule has 0 spiro atoms. The molecule has 0 amide bonds. The van der Waals surface area contributed by atoms with Crippen LogP contribution in [-0.4, -0.2) is 86.1 Å². The van der Waals surface area contributed by atoms with E-state index >= 15 is 0 Å². The molecule has 2 fully saturated rings. The molecule has 1 aromatic carbocycles. The highest BCUT2D eigenvalue weighted by Crippen LogP contribution is 2.34. The molecular weight excluding hydrogens is 380 g/mol. The molecule has 28 heavy (non-hydrogen) atoms. The van der Waals surface area contributed by atoms with Crippen molar-refractivity contribution >= 4 is 15.5 Å². The van der Waals surface area contributed by atoms with Crippen LogP contribution in [0.15, 0.2) is 24.3 Å². The van der Waals surface area contributed by atoms with Gasteiger partial charge in [-0.1, -0.05) is 0 Å². The maximum atomic E-state index is 12.0. The van der Waals surface area contributed by atoms with Crippen molar-refractivity contribution in [3.05, 3.63) is 24.3 Å². The molecule has 0 aromatic heterocycles. The fourth-order valence-corrected chi connectivity index (χ4v) is 6.56. The number of β-amino-alcohol motifs (C(OH)–C–C–N with tert-alkyl or cyclic N) is 2. The van der Waals surface area contributed by atoms with E-state index in [4.69, 9.17) is 4.74 Å². The Bertz CT molecular complexity index is 759. The molecule has 7 nitrogen and oxygen atoms in total. The Balaban J connectivity index is 1.64. The van der Waals surface area contributed by atoms with Gasteiger partial charge < -0.3 is 19.8 Å². The van der Waals surface area contributed by atoms with Crippen molar-refractivity contribution in [3.63, 3.8) is 0 Å². The Kier molecular flexibility index (Phi) is 6.24. The summed E-state index contributed by atoms with van der Waals surface area (Å²) in [5.74, 6) is 1.08. The van der Waals surface area contributed by atoms with E-state index in [0.717, 1.165) is 24.5 Å². The molecule has 2 heterocycles. The Labute approximate surface area is 167 Å². The first-order valence-electron chi connectivity index (χ1n) is 9.86. The Morgan fingerprint density at radius 1 is 1.18 bits per heavy atom. The zero-order valence-corrected chi connectivity index (χ0v) is 17.6. The number of hydrogen-bond donors (Lipinski definition) is 2. The maximum absolute atomic E-state index is 12.0. The number of aliphatic hydroxyl groups excluding tert-OH is 1. The van der Waals surface area contributed by atoms with Gasteiger partial charge in [-0.3, -0.25) is 4.90 Å². The number of ether oxygens (including phenoxy) is 1. The molecule has 2 aliphatic rings. The van der Waals surface area contributed by atoms with Crippen LogP contribution >= 0.6 is 0 Å². The van der Waals surface area contributed by atoms with Crippen LogP contribution in [-0.2, 0) is 9.84 Å². The van der Waals surface area contributed by atoms with E-state index in [1.165, 1.54) is 0 Å². The van der Waals surface area contributed by atoms with Crippen molar-refractivity contribution in [2.45, 2.75) is 37.3 Å². The van der Waals surface area contributed by atoms with E-state index < -0.39 is 21.0 Å². The van der Waals surface area contributed by atoms with Gasteiger partial charge in [-0.15, -0.1) is 0 Å². The summed E-state index contributed by atoms with van der Waals surface area (Å²) >= 11 is 0. The predicted molar refractivity (Wildman–Crippen MR) is 110 cm³/mol. The van der Waals surface area contributed by atoms with Gasteiger partial charge in [-0.05, 0) is 50.5 Å². The molecule has 2 saturated heterocycles. The molecule has 2 N–H and O–H groups in total. The molecule has 1 aromatic rings. The van der Waals surface area contributed by atoms with Gasteiger partial charge >= 0.3 is 0 Å². The molecule has 1 atom stereocenters. The average Bonchev–Trinajstić information content (AvgIpc) is 2.96. The van der Waals surface area contributed by atoms with Gasteiger partial charge in [0.1, 0.15) is 5.75 Å². The summed E-state index contributed by atoms with van der Waals surface area (Å²) in [4.78, 5) is 4.23. The number of rotatable bonds is 7. The lowest BCUT2D eigenvalue weighted by Crippen LogP contribution is -2.57. The van der Waals surface area contributed by atoms with Crippen molar-refractivity contribution in [2.24, 2.45) is 0 Å². The highest BCUT2D eigenvalue weighted by molar-refractivity contribution is 7.91. The maximum Gasteiger partial charge on any atom is 0.152 e. The van der Waals surface area contributed by atoms with Crippen molar-refractivity contribution in [1.29, 1.82) is 0 Å². The van der Waals surface area contributed by atoms with E-state index in [9.17, 15) is 18.6 Å². The van der Waals surface area contributed by atoms with Crippen LogP contribution < -0.4 is 9.64 Å². The third kappa shape index (κ3) is 4.79. The van der Waals surface area contributed by atoms with E-state index in [-0.39, 0.29) is 18.1 Å². The quantitative estimate of drug-likeness (QED) is 0.688. The van der Waals surface area contributed by atoms with Crippen molar-refractivity contribution < 1.29 is 23.4 Å². The summed E-state index contributed by atoms with van der Waals surface area (Å²) in [6.45, 7) is 4.09. The molecule has 0 aliphatic carbocycles. The van der Waals surface area contributed by atoms with Crippen LogP contribution in [0.3, 0.4) is 0 Å². The zero-order chi connectivity index (χ0) is 20.4. The molecule has 8 heteroatoms. The summed E-state index contributed by atoms with van der Waals surface area (Å²) in [6.07, 6.45) is 1.75. The number of sulfone groups is 1. The summed E-state index contributed by atoms with van der Waals surface area (Å²) < 4.78 is 29.2. The van der Waals surface area contributed by atoms with Crippen LogP contribution in [0.5, 0.6) is 5.75 Å². The van der Waals surface area contributed by atoms with E-state index in [1.54, 1.807) is 7.11 Å². The van der Waals surface area contributed by atoms with Crippen LogP contribution in [0.1, 0.15) is 26.2 Å². The Morgan fingerprint density at radius 2 is 1.82 bits per heavy atom. The van der Waals surface area contributed by atoms with Gasteiger partial charge in [0.15, 0.2) is 9.84 Å². The molecule has 3 rings (SSSR count). The second-order valence-corrected chi connectivity index (χ2v) is 10.6. The third-order valence-electron chi connectivity index (χ3n) is 6.23. The molecular formula is C20H32N2O5S. The van der Waals surface area contributed by atoms with Gasteiger partial charge in [-0.2, -0.15) is 0 Å². The summed E-state index contributed by atoms with van der Waals surface area (Å²) in [5, 5.41) is 20.7. The fraction of sp³-hybridized carbons (Fsp3) is 0.700. The van der Waals surface area contributed by atoms with Crippen molar-refractivity contribution in [3.8, 4) is 5.75 Å². The summed E-state index contributed by atoms with van der Waals surface area (Å²) in [7, 11) is -1.41. The van der Waals surface area contributed by atoms with Crippen molar-refractivity contribution in [2.75, 3.05) is 56.3 Å². The van der Waals surface area contributed by atoms with Gasteiger partial charge in [0, 0.05) is 37.4 Å². The largest absolute Gasteiger partial charge is 0.497 e. The van der Waals surface area contributed by atoms with E-state index in [2.05, 4.69) is 4.90 Å². The second-order valence-electron chi connectivity index (χ2n) is 8.39.